The highest BCUT2D eigenvalue weighted by Gasteiger charge is 2.58. The molecule has 2 heterocycles. The molecule has 300 valence electrons. The number of fused-ring (bicyclic) bond motifs is 6. The van der Waals surface area contributed by atoms with Crippen molar-refractivity contribution in [2.24, 2.45) is 34.8 Å². The van der Waals surface area contributed by atoms with Crippen LogP contribution in [0.5, 0.6) is 5.75 Å². The molecule has 4 aliphatic carbocycles. The van der Waals surface area contributed by atoms with Crippen molar-refractivity contribution in [2.75, 3.05) is 5.75 Å². The summed E-state index contributed by atoms with van der Waals surface area (Å²) in [7, 11) is 0. The van der Waals surface area contributed by atoms with Gasteiger partial charge in [0.05, 0.1) is 0 Å². The highest BCUT2D eigenvalue weighted by atomic mass is 32.2. The molecule has 9 atom stereocenters. The van der Waals surface area contributed by atoms with Crippen LogP contribution in [0.25, 0.3) is 0 Å². The fourth-order valence-corrected chi connectivity index (χ4v) is 11.6. The zero-order valence-electron chi connectivity index (χ0n) is 31.9. The Bertz CT molecular complexity index is 1900. The molecule has 1 saturated heterocycles. The van der Waals surface area contributed by atoms with Gasteiger partial charge in [0.1, 0.15) is 35.0 Å². The summed E-state index contributed by atoms with van der Waals surface area (Å²) in [5.74, 6) is 1.48. The van der Waals surface area contributed by atoms with Gasteiger partial charge in [0.15, 0.2) is 5.78 Å². The number of nitrogens with two attached hydrogens (primary N) is 1. The lowest BCUT2D eigenvalue weighted by Crippen LogP contribution is -2.71. The summed E-state index contributed by atoms with van der Waals surface area (Å²) in [5.41, 5.74) is 9.78. The van der Waals surface area contributed by atoms with Crippen molar-refractivity contribution in [3.63, 3.8) is 0 Å². The van der Waals surface area contributed by atoms with E-state index >= 15 is 0 Å². The summed E-state index contributed by atoms with van der Waals surface area (Å²) in [4.78, 5) is 61.7. The number of phenolic OH excluding ortho intramolecular Hbond substituents is 1. The number of amides is 2. The van der Waals surface area contributed by atoms with Gasteiger partial charge in [-0.15, -0.1) is 11.8 Å². The van der Waals surface area contributed by atoms with Crippen molar-refractivity contribution >= 4 is 41.3 Å². The van der Waals surface area contributed by atoms with Gasteiger partial charge in [-0.2, -0.15) is 0 Å². The SMILES string of the molecule is CC1=C(C(=O)O)N2C(=O)[C@@H](NC(=O)[C@H](N)c3ccc(O)cc3)[C@H]2SC1.C[C@]12CC[C@H]3[C@@H](CCC4=CC(=O)CC[C@@H]43)[C@@H]1CC[C@@H]2OC(=O)CCc1ccccc1.O. The molecule has 2 aliphatic heterocycles. The van der Waals surface area contributed by atoms with Crippen molar-refractivity contribution in [1.82, 2.24) is 10.2 Å². The molecule has 6 aliphatic rings. The third-order valence-corrected chi connectivity index (χ3v) is 14.6. The van der Waals surface area contributed by atoms with Gasteiger partial charge in [-0.3, -0.25) is 24.1 Å². The molecule has 4 fully saturated rings. The number of aromatic hydroxyl groups is 1. The number of thioether (sulfide) groups is 1. The molecule has 13 heteroatoms. The van der Waals surface area contributed by atoms with Crippen molar-refractivity contribution < 1.29 is 44.4 Å². The molecular formula is C43H53N3O9S. The average molecular weight is 788 g/mol. The zero-order valence-corrected chi connectivity index (χ0v) is 32.8. The predicted octanol–water partition coefficient (Wildman–Crippen LogP) is 5.00. The molecule has 2 aromatic rings. The molecule has 12 nitrogen and oxygen atoms in total. The Morgan fingerprint density at radius 3 is 2.45 bits per heavy atom. The number of hydrogen-bond acceptors (Lipinski definition) is 9. The van der Waals surface area contributed by atoms with Gasteiger partial charge < -0.3 is 31.5 Å². The number of rotatable bonds is 8. The number of β-lactam (4-membered cyclic amide) rings is 1. The maximum atomic E-state index is 12.6. The van der Waals surface area contributed by atoms with E-state index < -0.39 is 35.2 Å². The summed E-state index contributed by atoms with van der Waals surface area (Å²) < 4.78 is 6.11. The molecule has 0 unspecified atom stereocenters. The van der Waals surface area contributed by atoms with Crippen LogP contribution in [0.4, 0.5) is 0 Å². The number of carboxylic acid groups (broad SMARTS) is 1. The molecule has 8 rings (SSSR count). The van der Waals surface area contributed by atoms with E-state index in [0.717, 1.165) is 50.4 Å². The monoisotopic (exact) mass is 787 g/mol. The largest absolute Gasteiger partial charge is 0.508 e. The van der Waals surface area contributed by atoms with E-state index in [0.29, 0.717) is 40.9 Å². The summed E-state index contributed by atoms with van der Waals surface area (Å²) in [6.45, 7) is 4.07. The van der Waals surface area contributed by atoms with Crippen LogP contribution in [0, 0.1) is 29.1 Å². The Morgan fingerprint density at radius 1 is 1.00 bits per heavy atom. The van der Waals surface area contributed by atoms with Gasteiger partial charge in [0, 0.05) is 24.0 Å². The van der Waals surface area contributed by atoms with Gasteiger partial charge >= 0.3 is 11.9 Å². The zero-order chi connectivity index (χ0) is 39.0. The maximum absolute atomic E-state index is 12.6. The molecule has 2 amide bonds. The van der Waals surface area contributed by atoms with Crippen LogP contribution in [0.3, 0.4) is 0 Å². The second kappa shape index (κ2) is 17.0. The molecule has 56 heavy (non-hydrogen) atoms. The topological polar surface area (TPSA) is 208 Å². The lowest BCUT2D eigenvalue weighted by molar-refractivity contribution is -0.158. The highest BCUT2D eigenvalue weighted by Crippen LogP contribution is 2.62. The number of allylic oxidation sites excluding steroid dienone is 1. The minimum absolute atomic E-state index is 0. The number of nitrogens with zero attached hydrogens (tertiary/aromatic N) is 1. The van der Waals surface area contributed by atoms with Crippen molar-refractivity contribution in [1.29, 1.82) is 0 Å². The van der Waals surface area contributed by atoms with Crippen LogP contribution in [0.15, 0.2) is 77.5 Å². The molecule has 0 aromatic heterocycles. The Balaban J connectivity index is 0.000000190. The highest BCUT2D eigenvalue weighted by molar-refractivity contribution is 8.00. The summed E-state index contributed by atoms with van der Waals surface area (Å²) in [6.07, 6.45) is 12.0. The van der Waals surface area contributed by atoms with E-state index in [4.69, 9.17) is 10.5 Å². The summed E-state index contributed by atoms with van der Waals surface area (Å²) in [6, 6.07) is 14.3. The summed E-state index contributed by atoms with van der Waals surface area (Å²) >= 11 is 1.40. The molecule has 0 spiro atoms. The normalized spacial score (nSPS) is 30.7. The van der Waals surface area contributed by atoms with Crippen LogP contribution < -0.4 is 11.1 Å². The Morgan fingerprint density at radius 2 is 1.73 bits per heavy atom. The molecule has 7 N–H and O–H groups in total. The van der Waals surface area contributed by atoms with E-state index in [1.165, 1.54) is 71.3 Å². The van der Waals surface area contributed by atoms with Crippen LogP contribution >= 0.6 is 11.8 Å². The quantitative estimate of drug-likeness (QED) is 0.208. The second-order valence-corrected chi connectivity index (χ2v) is 17.4. The lowest BCUT2D eigenvalue weighted by Gasteiger charge is -2.53. The second-order valence-electron chi connectivity index (χ2n) is 16.3. The summed E-state index contributed by atoms with van der Waals surface area (Å²) in [5, 5.41) is 20.7. The van der Waals surface area contributed by atoms with E-state index in [1.807, 2.05) is 24.3 Å². The number of aliphatic carboxylic acids is 1. The number of nitrogens with one attached hydrogen (secondary N) is 1. The van der Waals surface area contributed by atoms with E-state index in [9.17, 15) is 34.2 Å². The number of phenols is 1. The molecule has 0 bridgehead atoms. The van der Waals surface area contributed by atoms with Gasteiger partial charge in [0.2, 0.25) is 5.91 Å². The van der Waals surface area contributed by atoms with Gasteiger partial charge in [-0.05, 0) is 117 Å². The molecular weight excluding hydrogens is 735 g/mol. The Kier molecular flexibility index (Phi) is 12.5. The number of carbonyl (C=O) groups excluding carboxylic acids is 4. The fourth-order valence-electron chi connectivity index (χ4n) is 10.3. The van der Waals surface area contributed by atoms with Crippen LogP contribution in [0.1, 0.15) is 88.8 Å². The molecule has 0 radical (unpaired) electrons. The van der Waals surface area contributed by atoms with Gasteiger partial charge in [0.25, 0.3) is 5.91 Å². The van der Waals surface area contributed by atoms with Crippen molar-refractivity contribution in [2.45, 2.75) is 102 Å². The number of esters is 1. The van der Waals surface area contributed by atoms with Gasteiger partial charge in [-0.25, -0.2) is 4.79 Å². The number of carbonyl (C=O) groups is 5. The van der Waals surface area contributed by atoms with E-state index in [2.05, 4.69) is 24.4 Å². The maximum Gasteiger partial charge on any atom is 0.352 e. The number of hydrogen-bond donors (Lipinski definition) is 4. The van der Waals surface area contributed by atoms with Gasteiger partial charge in [-0.1, -0.05) is 55.0 Å². The Hall–Kier alpha value is -4.46. The predicted molar refractivity (Wildman–Crippen MR) is 211 cm³/mol. The first kappa shape index (κ1) is 41.2. The smallest absolute Gasteiger partial charge is 0.352 e. The average Bonchev–Trinajstić information content (AvgIpc) is 3.51. The molecule has 3 saturated carbocycles. The first-order valence-corrected chi connectivity index (χ1v) is 20.6. The van der Waals surface area contributed by atoms with Crippen molar-refractivity contribution in [3.8, 4) is 5.75 Å². The van der Waals surface area contributed by atoms with E-state index in [-0.39, 0.29) is 34.4 Å². The van der Waals surface area contributed by atoms with Crippen LogP contribution in [-0.2, 0) is 35.1 Å². The fraction of sp³-hybridized carbons (Fsp3) is 0.512. The minimum Gasteiger partial charge on any atom is -0.508 e. The number of benzene rings is 2. The number of ketones is 1. The standard InChI is InChI=1S/C27H34O3.C16H17N3O5S.H2O/c1-27-16-15-22-21-11-9-20(28)17-19(21)8-10-23(22)24(27)12-13-25(27)30-26(29)14-7-18-5-3-2-4-6-18;1-7-6-25-15-11(14(22)19(15)12(7)16(23)24)18-13(21)10(17)8-2-4-9(20)5-3-8;/h2-6,17,21-25H,7-16H2,1H3;2-5,10-11,15,20H,6,17H2,1H3,(H,18,21)(H,23,24);1H2/t21-,22+,23+,24-,25-,27-;10-,11-,15-;/m01./s1. The van der Waals surface area contributed by atoms with Crippen LogP contribution in [0.2, 0.25) is 0 Å². The number of ether oxygens (including phenoxy) is 1. The number of aryl methyl sites for hydroxylation is 1. The third kappa shape index (κ3) is 8.03. The van der Waals surface area contributed by atoms with E-state index in [1.54, 1.807) is 6.92 Å². The molecule has 2 aromatic carbocycles. The number of carboxylic acids is 1. The lowest BCUT2D eigenvalue weighted by atomic mass is 9.52. The third-order valence-electron chi connectivity index (χ3n) is 13.1. The minimum atomic E-state index is -1.15. The van der Waals surface area contributed by atoms with Crippen molar-refractivity contribution in [3.05, 3.63) is 88.6 Å². The first-order valence-electron chi connectivity index (χ1n) is 19.5. The Labute approximate surface area is 331 Å². The first-order chi connectivity index (χ1) is 26.4. The van der Waals surface area contributed by atoms with Crippen LogP contribution in [-0.4, -0.2) is 73.4 Å².